The highest BCUT2D eigenvalue weighted by atomic mass is 32.2. The third-order valence-corrected chi connectivity index (χ3v) is 6.45. The fraction of sp³-hybridized carbons (Fsp3) is 0.300. The van der Waals surface area contributed by atoms with Crippen molar-refractivity contribution in [2.24, 2.45) is 0 Å². The fourth-order valence-electron chi connectivity index (χ4n) is 3.03. The largest absolute Gasteiger partial charge is 0.452 e. The molecule has 3 rings (SSSR count). The molecule has 1 aliphatic heterocycles. The van der Waals surface area contributed by atoms with Crippen LogP contribution in [-0.4, -0.2) is 56.4 Å². The van der Waals surface area contributed by atoms with Crippen LogP contribution in [-0.2, 0) is 19.4 Å². The molecular weight excluding hydrogens is 366 g/mol. The van der Waals surface area contributed by atoms with Gasteiger partial charge in [-0.1, -0.05) is 42.5 Å². The smallest absolute Gasteiger partial charge is 0.338 e. The minimum atomic E-state index is -3.08. The Balaban J connectivity index is 1.55. The van der Waals surface area contributed by atoms with Gasteiger partial charge in [-0.3, -0.25) is 4.79 Å². The maximum Gasteiger partial charge on any atom is 0.338 e. The summed E-state index contributed by atoms with van der Waals surface area (Å²) in [7, 11) is -1.54. The van der Waals surface area contributed by atoms with E-state index in [2.05, 4.69) is 0 Å². The molecule has 2 aromatic carbocycles. The lowest BCUT2D eigenvalue weighted by Gasteiger charge is -2.23. The van der Waals surface area contributed by atoms with Crippen LogP contribution in [0.5, 0.6) is 0 Å². The number of sulfone groups is 1. The van der Waals surface area contributed by atoms with E-state index in [0.717, 1.165) is 11.1 Å². The van der Waals surface area contributed by atoms with Gasteiger partial charge in [-0.2, -0.15) is 0 Å². The summed E-state index contributed by atoms with van der Waals surface area (Å²) in [5.74, 6) is -0.950. The fourth-order valence-corrected chi connectivity index (χ4v) is 4.80. The second-order valence-corrected chi connectivity index (χ2v) is 8.81. The Labute approximate surface area is 158 Å². The van der Waals surface area contributed by atoms with Crippen molar-refractivity contribution >= 4 is 21.7 Å². The average Bonchev–Trinajstić information content (AvgIpc) is 3.05. The zero-order valence-corrected chi connectivity index (χ0v) is 15.8. The second-order valence-electron chi connectivity index (χ2n) is 6.58. The number of carbonyl (C=O) groups excluding carboxylic acids is 2. The van der Waals surface area contributed by atoms with Gasteiger partial charge in [0.25, 0.3) is 5.91 Å². The van der Waals surface area contributed by atoms with E-state index in [1.807, 2.05) is 42.5 Å². The zero-order valence-electron chi connectivity index (χ0n) is 15.0. The molecule has 0 spiro atoms. The van der Waals surface area contributed by atoms with Crippen molar-refractivity contribution < 1.29 is 22.7 Å². The van der Waals surface area contributed by atoms with Gasteiger partial charge < -0.3 is 9.64 Å². The van der Waals surface area contributed by atoms with Crippen LogP contribution in [0.25, 0.3) is 11.1 Å². The number of carbonyl (C=O) groups is 2. The molecule has 27 heavy (non-hydrogen) atoms. The summed E-state index contributed by atoms with van der Waals surface area (Å²) in [5.41, 5.74) is 2.37. The first-order valence-electron chi connectivity index (χ1n) is 8.64. The number of hydrogen-bond acceptors (Lipinski definition) is 5. The maximum absolute atomic E-state index is 12.2. The molecule has 1 heterocycles. The number of ether oxygens (including phenoxy) is 1. The lowest BCUT2D eigenvalue weighted by atomic mass is 10.0. The summed E-state index contributed by atoms with van der Waals surface area (Å²) < 4.78 is 28.1. The Morgan fingerprint density at radius 2 is 1.67 bits per heavy atom. The molecule has 1 aliphatic rings. The van der Waals surface area contributed by atoms with Gasteiger partial charge in [-0.25, -0.2) is 13.2 Å². The van der Waals surface area contributed by atoms with Crippen LogP contribution in [0, 0.1) is 0 Å². The quantitative estimate of drug-likeness (QED) is 0.735. The molecule has 7 heteroatoms. The van der Waals surface area contributed by atoms with Crippen molar-refractivity contribution in [1.82, 2.24) is 4.90 Å². The lowest BCUT2D eigenvalue weighted by Crippen LogP contribution is -2.40. The minimum absolute atomic E-state index is 0.0376. The number of nitrogens with zero attached hydrogens (tertiary/aromatic N) is 1. The number of benzene rings is 2. The van der Waals surface area contributed by atoms with E-state index in [4.69, 9.17) is 4.74 Å². The predicted octanol–water partition coefficient (Wildman–Crippen LogP) is 2.16. The number of likely N-dealkylation sites (N-methyl/N-ethyl adjacent to an activating group) is 1. The van der Waals surface area contributed by atoms with Crippen LogP contribution in [0.1, 0.15) is 16.8 Å². The highest BCUT2D eigenvalue weighted by Crippen LogP contribution is 2.20. The van der Waals surface area contributed by atoms with Crippen LogP contribution in [0.4, 0.5) is 0 Å². The van der Waals surface area contributed by atoms with Crippen molar-refractivity contribution in [3.05, 3.63) is 60.2 Å². The number of amides is 1. The second kappa shape index (κ2) is 7.92. The van der Waals surface area contributed by atoms with Crippen molar-refractivity contribution in [3.63, 3.8) is 0 Å². The van der Waals surface area contributed by atoms with Crippen molar-refractivity contribution in [2.45, 2.75) is 12.5 Å². The third-order valence-electron chi connectivity index (χ3n) is 4.70. The van der Waals surface area contributed by atoms with Crippen LogP contribution >= 0.6 is 0 Å². The van der Waals surface area contributed by atoms with E-state index in [0.29, 0.717) is 12.0 Å². The Morgan fingerprint density at radius 1 is 1.04 bits per heavy atom. The topological polar surface area (TPSA) is 80.8 Å². The summed E-state index contributed by atoms with van der Waals surface area (Å²) >= 11 is 0. The maximum atomic E-state index is 12.2. The van der Waals surface area contributed by atoms with Gasteiger partial charge in [-0.15, -0.1) is 0 Å². The molecule has 1 atom stereocenters. The van der Waals surface area contributed by atoms with Crippen LogP contribution in [0.15, 0.2) is 54.6 Å². The van der Waals surface area contributed by atoms with Gasteiger partial charge in [-0.05, 0) is 29.7 Å². The van der Waals surface area contributed by atoms with E-state index in [1.165, 1.54) is 11.9 Å². The van der Waals surface area contributed by atoms with Crippen LogP contribution in [0.3, 0.4) is 0 Å². The van der Waals surface area contributed by atoms with Gasteiger partial charge in [0.1, 0.15) is 0 Å². The molecule has 0 bridgehead atoms. The van der Waals surface area contributed by atoms with Gasteiger partial charge >= 0.3 is 5.97 Å². The summed E-state index contributed by atoms with van der Waals surface area (Å²) in [6.07, 6.45) is 0.416. The predicted molar refractivity (Wildman–Crippen MR) is 102 cm³/mol. The molecule has 0 radical (unpaired) electrons. The average molecular weight is 387 g/mol. The number of hydrogen-bond donors (Lipinski definition) is 0. The van der Waals surface area contributed by atoms with Crippen molar-refractivity contribution in [2.75, 3.05) is 25.2 Å². The van der Waals surface area contributed by atoms with Crippen LogP contribution in [0.2, 0.25) is 0 Å². The molecule has 1 saturated heterocycles. The lowest BCUT2D eigenvalue weighted by molar-refractivity contribution is -0.134. The van der Waals surface area contributed by atoms with Crippen molar-refractivity contribution in [3.8, 4) is 11.1 Å². The molecular formula is C20H21NO5S. The molecule has 2 aromatic rings. The first-order valence-corrected chi connectivity index (χ1v) is 10.5. The van der Waals surface area contributed by atoms with Gasteiger partial charge in [0.2, 0.25) is 0 Å². The summed E-state index contributed by atoms with van der Waals surface area (Å²) in [6.45, 7) is -0.410. The molecule has 142 valence electrons. The summed E-state index contributed by atoms with van der Waals surface area (Å²) in [4.78, 5) is 25.7. The minimum Gasteiger partial charge on any atom is -0.452 e. The molecule has 6 nitrogen and oxygen atoms in total. The van der Waals surface area contributed by atoms with Crippen molar-refractivity contribution in [1.29, 1.82) is 0 Å². The Hall–Kier alpha value is -2.67. The van der Waals surface area contributed by atoms with E-state index in [9.17, 15) is 18.0 Å². The Bertz CT molecular complexity index is 923. The molecule has 1 unspecified atom stereocenters. The molecule has 1 amide bonds. The Kier molecular flexibility index (Phi) is 5.60. The highest BCUT2D eigenvalue weighted by Gasteiger charge is 2.32. The number of rotatable bonds is 5. The first-order chi connectivity index (χ1) is 12.9. The molecule has 0 aromatic heterocycles. The molecule has 0 saturated carbocycles. The van der Waals surface area contributed by atoms with Crippen LogP contribution < -0.4 is 0 Å². The van der Waals surface area contributed by atoms with E-state index >= 15 is 0 Å². The van der Waals surface area contributed by atoms with E-state index < -0.39 is 28.3 Å². The van der Waals surface area contributed by atoms with E-state index in [-0.39, 0.29) is 17.5 Å². The number of esters is 1. The van der Waals surface area contributed by atoms with Gasteiger partial charge in [0.05, 0.1) is 17.1 Å². The standard InChI is InChI=1S/C20H21NO5S/c1-21(18-11-12-27(24,25)14-18)19(22)13-26-20(23)17-9-7-16(8-10-17)15-5-3-2-4-6-15/h2-10,18H,11-14H2,1H3. The SMILES string of the molecule is CN(C(=O)COC(=O)c1ccc(-c2ccccc2)cc1)C1CCS(=O)(=O)C1. The first kappa shape index (κ1) is 19.1. The van der Waals surface area contributed by atoms with Gasteiger partial charge in [0, 0.05) is 13.1 Å². The molecule has 0 N–H and O–H groups in total. The molecule has 1 fully saturated rings. The van der Waals surface area contributed by atoms with E-state index in [1.54, 1.807) is 12.1 Å². The Morgan fingerprint density at radius 3 is 2.26 bits per heavy atom. The monoisotopic (exact) mass is 387 g/mol. The summed E-state index contributed by atoms with van der Waals surface area (Å²) in [5, 5.41) is 0. The van der Waals surface area contributed by atoms with Gasteiger partial charge in [0.15, 0.2) is 16.4 Å². The summed E-state index contributed by atoms with van der Waals surface area (Å²) in [6, 6.07) is 16.4. The molecule has 0 aliphatic carbocycles. The highest BCUT2D eigenvalue weighted by molar-refractivity contribution is 7.91. The normalized spacial score (nSPS) is 18.0. The zero-order chi connectivity index (χ0) is 19.4. The third kappa shape index (κ3) is 4.74.